The van der Waals surface area contributed by atoms with E-state index in [1.807, 2.05) is 0 Å². The average molecular weight is 407 g/mol. The van der Waals surface area contributed by atoms with Gasteiger partial charge in [0.25, 0.3) is 0 Å². The number of benzene rings is 1. The number of hydrogen-bond acceptors (Lipinski definition) is 0. The lowest BCUT2D eigenvalue weighted by molar-refractivity contribution is 0.452. The van der Waals surface area contributed by atoms with Crippen molar-refractivity contribution in [2.75, 3.05) is 0 Å². The Kier molecular flexibility index (Phi) is 3.05. The molecule has 0 saturated heterocycles. The van der Waals surface area contributed by atoms with Crippen molar-refractivity contribution in [3.63, 3.8) is 0 Å². The van der Waals surface area contributed by atoms with E-state index in [9.17, 15) is 0 Å². The summed E-state index contributed by atoms with van der Waals surface area (Å²) in [6.07, 6.45) is 3.57. The van der Waals surface area contributed by atoms with Crippen LogP contribution in [0.15, 0.2) is 34.8 Å². The van der Waals surface area contributed by atoms with Crippen LogP contribution < -0.4 is 0 Å². The fourth-order valence-corrected chi connectivity index (χ4v) is 4.95. The largest absolute Gasteiger partial charge is 0.0833 e. The molecule has 0 unspecified atom stereocenters. The van der Waals surface area contributed by atoms with Crippen LogP contribution in [0.5, 0.6) is 0 Å². The zero-order chi connectivity index (χ0) is 11.3. The minimum absolute atomic E-state index is 0.505. The summed E-state index contributed by atoms with van der Waals surface area (Å²) in [5, 5.41) is 0. The van der Waals surface area contributed by atoms with Gasteiger partial charge in [0.1, 0.15) is 0 Å². The third-order valence-electron chi connectivity index (χ3n) is 3.58. The van der Waals surface area contributed by atoms with E-state index in [0.717, 1.165) is 0 Å². The van der Waals surface area contributed by atoms with E-state index in [1.54, 1.807) is 0 Å². The van der Waals surface area contributed by atoms with E-state index in [0.29, 0.717) is 21.5 Å². The van der Waals surface area contributed by atoms with Gasteiger partial charge in [0.2, 0.25) is 0 Å². The summed E-state index contributed by atoms with van der Waals surface area (Å²) in [5.41, 5.74) is 2.99. The summed E-state index contributed by atoms with van der Waals surface area (Å²) < 4.78 is 1.31. The van der Waals surface area contributed by atoms with Gasteiger partial charge in [-0.15, -0.1) is 0 Å². The van der Waals surface area contributed by atoms with Crippen molar-refractivity contribution < 1.29 is 0 Å². The summed E-state index contributed by atoms with van der Waals surface area (Å²) in [5.74, 6) is 1.30. The van der Waals surface area contributed by atoms with Crippen LogP contribution in [0.25, 0.3) is 0 Å². The summed E-state index contributed by atoms with van der Waals surface area (Å²) in [4.78, 5) is 1.04. The minimum atomic E-state index is 0.505. The van der Waals surface area contributed by atoms with Gasteiger partial charge in [-0.2, -0.15) is 0 Å². The van der Waals surface area contributed by atoms with Crippen LogP contribution in [0.2, 0.25) is 0 Å². The molecule has 2 aliphatic carbocycles. The Balaban J connectivity index is 1.90. The van der Waals surface area contributed by atoms with Crippen molar-refractivity contribution in [1.29, 1.82) is 0 Å². The normalized spacial score (nSPS) is 36.6. The van der Waals surface area contributed by atoms with Crippen molar-refractivity contribution in [3.8, 4) is 0 Å². The Morgan fingerprint density at radius 1 is 1.06 bits per heavy atom. The van der Waals surface area contributed by atoms with Crippen molar-refractivity contribution in [2.24, 2.45) is 5.92 Å². The number of allylic oxidation sites excluding steroid dienone is 2. The monoisotopic (exact) mass is 404 g/mol. The topological polar surface area (TPSA) is 0 Å². The molecule has 0 heterocycles. The van der Waals surface area contributed by atoms with Gasteiger partial charge in [0.05, 0.1) is 0 Å². The predicted octanol–water partition coefficient (Wildman–Crippen LogP) is 5.28. The van der Waals surface area contributed by atoms with Gasteiger partial charge in [-0.25, -0.2) is 0 Å². The molecule has 0 radical (unpaired) electrons. The summed E-state index contributed by atoms with van der Waals surface area (Å²) >= 11 is 11.1. The van der Waals surface area contributed by atoms with Crippen LogP contribution in [0.1, 0.15) is 28.3 Å². The van der Waals surface area contributed by atoms with Crippen LogP contribution in [-0.2, 0) is 0 Å². The molecule has 0 saturated carbocycles. The van der Waals surface area contributed by atoms with Gasteiger partial charge in [0, 0.05) is 20.1 Å². The van der Waals surface area contributed by atoms with Crippen LogP contribution in [0.3, 0.4) is 0 Å². The first-order valence-corrected chi connectivity index (χ1v) is 8.05. The zero-order valence-corrected chi connectivity index (χ0v) is 13.3. The van der Waals surface area contributed by atoms with E-state index in [-0.39, 0.29) is 0 Å². The fraction of sp³-hybridized carbons (Fsp3) is 0.385. The average Bonchev–Trinajstić information content (AvgIpc) is 2.58. The number of alkyl halides is 2. The Hall–Kier alpha value is 0.400. The maximum Gasteiger partial charge on any atom is 0.0472 e. The van der Waals surface area contributed by atoms with E-state index >= 15 is 0 Å². The Morgan fingerprint density at radius 2 is 1.75 bits per heavy atom. The molecule has 1 aromatic carbocycles. The van der Waals surface area contributed by atoms with Crippen molar-refractivity contribution in [1.82, 2.24) is 0 Å². The number of fused-ring (bicyclic) bond motifs is 1. The third-order valence-corrected chi connectivity index (χ3v) is 6.94. The second-order valence-corrected chi connectivity index (χ2v) is 7.48. The summed E-state index contributed by atoms with van der Waals surface area (Å²) in [7, 11) is 0. The highest BCUT2D eigenvalue weighted by Crippen LogP contribution is 2.57. The molecule has 1 aromatic rings. The highest BCUT2D eigenvalue weighted by molar-refractivity contribution is 9.14. The first-order chi connectivity index (χ1) is 7.68. The van der Waals surface area contributed by atoms with Gasteiger partial charge in [0.15, 0.2) is 0 Å². The molecule has 4 atom stereocenters. The molecule has 0 amide bonds. The minimum Gasteiger partial charge on any atom is -0.0833 e. The number of halogens is 3. The molecule has 0 bridgehead atoms. The maximum atomic E-state index is 3.82. The lowest BCUT2D eigenvalue weighted by Crippen LogP contribution is -2.25. The Bertz CT molecular complexity index is 452. The lowest BCUT2D eigenvalue weighted by Gasteiger charge is -2.39. The second kappa shape index (κ2) is 4.25. The van der Waals surface area contributed by atoms with E-state index in [1.165, 1.54) is 22.0 Å². The summed E-state index contributed by atoms with van der Waals surface area (Å²) in [6.45, 7) is 0. The second-order valence-electron chi connectivity index (χ2n) is 4.48. The highest BCUT2D eigenvalue weighted by atomic mass is 79.9. The third kappa shape index (κ3) is 1.67. The molecule has 3 rings (SSSR count). The molecule has 0 spiro atoms. The highest BCUT2D eigenvalue weighted by Gasteiger charge is 2.42. The molecule has 0 aliphatic heterocycles. The first kappa shape index (κ1) is 11.5. The van der Waals surface area contributed by atoms with Crippen LogP contribution in [-0.4, -0.2) is 4.83 Å². The molecule has 0 aromatic heterocycles. The molecule has 0 fully saturated rings. The first-order valence-electron chi connectivity index (χ1n) is 5.42. The zero-order valence-electron chi connectivity index (χ0n) is 8.54. The van der Waals surface area contributed by atoms with Gasteiger partial charge in [-0.05, 0) is 23.5 Å². The lowest BCUT2D eigenvalue weighted by atomic mass is 9.70. The number of rotatable bonds is 1. The Morgan fingerprint density at radius 3 is 2.38 bits per heavy atom. The van der Waals surface area contributed by atoms with Crippen molar-refractivity contribution >= 4 is 47.8 Å². The molecular weight excluding hydrogens is 396 g/mol. The van der Waals surface area contributed by atoms with Crippen LogP contribution >= 0.6 is 47.8 Å². The van der Waals surface area contributed by atoms with E-state index in [2.05, 4.69) is 78.1 Å². The van der Waals surface area contributed by atoms with Crippen LogP contribution in [0.4, 0.5) is 0 Å². The molecule has 84 valence electrons. The smallest absolute Gasteiger partial charge is 0.0472 e. The molecular formula is C13H11Br3. The van der Waals surface area contributed by atoms with Crippen molar-refractivity contribution in [3.05, 3.63) is 46.0 Å². The maximum absolute atomic E-state index is 3.82. The molecule has 3 heteroatoms. The molecule has 16 heavy (non-hydrogen) atoms. The fourth-order valence-electron chi connectivity index (χ4n) is 2.75. The van der Waals surface area contributed by atoms with E-state index < -0.39 is 0 Å². The standard InChI is InChI=1S/C13H11Br3/c14-10-5-7(6-11(10)15)12-8-3-1-2-4-9(8)13(12)16/h1-5,7,11-13H,6H2/t7-,11+,12+,13+/m1/s1. The van der Waals surface area contributed by atoms with Gasteiger partial charge in [-0.3, -0.25) is 0 Å². The molecule has 2 aliphatic rings. The summed E-state index contributed by atoms with van der Waals surface area (Å²) in [6, 6.07) is 8.76. The van der Waals surface area contributed by atoms with Gasteiger partial charge < -0.3 is 0 Å². The Labute approximate surface area is 121 Å². The van der Waals surface area contributed by atoms with E-state index in [4.69, 9.17) is 0 Å². The predicted molar refractivity (Wildman–Crippen MR) is 78.7 cm³/mol. The molecule has 0 N–H and O–H groups in total. The van der Waals surface area contributed by atoms with Crippen molar-refractivity contribution in [2.45, 2.75) is 22.0 Å². The quantitative estimate of drug-likeness (QED) is 0.556. The number of hydrogen-bond donors (Lipinski definition) is 0. The van der Waals surface area contributed by atoms with Crippen LogP contribution in [0, 0.1) is 5.92 Å². The van der Waals surface area contributed by atoms with Gasteiger partial charge in [-0.1, -0.05) is 78.1 Å². The van der Waals surface area contributed by atoms with Gasteiger partial charge >= 0.3 is 0 Å². The SMILES string of the molecule is BrC1=C[C@@H]([C@H]2c3ccccc3[C@@H]2Br)C[C@@H]1Br. The molecule has 0 nitrogen and oxygen atoms in total.